The van der Waals surface area contributed by atoms with Crippen LogP contribution in [0.1, 0.15) is 32.8 Å². The number of rotatable bonds is 11. The number of benzene rings is 1. The topological polar surface area (TPSA) is 163 Å². The quantitative estimate of drug-likeness (QED) is 0.347. The van der Waals surface area contributed by atoms with Crippen LogP contribution in [0.15, 0.2) is 24.3 Å². The summed E-state index contributed by atoms with van der Waals surface area (Å²) in [5, 5.41) is 39.1. The number of amides is 1. The van der Waals surface area contributed by atoms with Crippen molar-refractivity contribution < 1.29 is 44.3 Å². The standard InChI is InChI=1S/C20H29NO9/c1-20(2,3)30-19(28)21-16(18(26)27)9-13(17(24)25)8-12-4-6-14(7-5-12)29-15(10-22)11-23/h4-7,13,15-16,22-23H,8-11H2,1-3H3,(H,21,28)(H,24,25)(H,26,27)/t13-,16-/m0/s1. The molecule has 168 valence electrons. The molecule has 2 atom stereocenters. The number of hydrogen-bond donors (Lipinski definition) is 5. The van der Waals surface area contributed by atoms with Gasteiger partial charge in [0.1, 0.15) is 23.5 Å². The number of carbonyl (C=O) groups is 3. The van der Waals surface area contributed by atoms with Crippen molar-refractivity contribution in [2.75, 3.05) is 13.2 Å². The third-order valence-corrected chi connectivity index (χ3v) is 3.97. The van der Waals surface area contributed by atoms with Gasteiger partial charge in [0, 0.05) is 0 Å². The fraction of sp³-hybridized carbons (Fsp3) is 0.550. The minimum absolute atomic E-state index is 0.0266. The molecule has 5 N–H and O–H groups in total. The van der Waals surface area contributed by atoms with Gasteiger partial charge in [0.25, 0.3) is 0 Å². The first-order valence-electron chi connectivity index (χ1n) is 9.37. The summed E-state index contributed by atoms with van der Waals surface area (Å²) in [6.45, 7) is 4.15. The lowest BCUT2D eigenvalue weighted by Gasteiger charge is -2.23. The molecule has 0 aliphatic carbocycles. The van der Waals surface area contributed by atoms with Crippen LogP contribution in [0.25, 0.3) is 0 Å². The van der Waals surface area contributed by atoms with Gasteiger partial charge in [0.2, 0.25) is 0 Å². The van der Waals surface area contributed by atoms with Gasteiger partial charge in [-0.3, -0.25) is 4.79 Å². The van der Waals surface area contributed by atoms with Crippen LogP contribution in [0.4, 0.5) is 4.79 Å². The number of ether oxygens (including phenoxy) is 2. The van der Waals surface area contributed by atoms with Crippen molar-refractivity contribution in [3.63, 3.8) is 0 Å². The molecule has 0 radical (unpaired) electrons. The Morgan fingerprint density at radius 2 is 1.57 bits per heavy atom. The molecule has 0 aromatic heterocycles. The lowest BCUT2D eigenvalue weighted by molar-refractivity contribution is -0.144. The summed E-state index contributed by atoms with van der Waals surface area (Å²) in [7, 11) is 0. The molecule has 0 aliphatic heterocycles. The molecule has 1 aromatic carbocycles. The summed E-state index contributed by atoms with van der Waals surface area (Å²) in [6.07, 6.45) is -2.02. The Kier molecular flexibility index (Phi) is 9.54. The van der Waals surface area contributed by atoms with E-state index in [0.717, 1.165) is 0 Å². The fourth-order valence-electron chi connectivity index (χ4n) is 2.54. The molecule has 1 aromatic rings. The maximum Gasteiger partial charge on any atom is 0.408 e. The van der Waals surface area contributed by atoms with Crippen LogP contribution < -0.4 is 10.1 Å². The zero-order valence-electron chi connectivity index (χ0n) is 17.2. The lowest BCUT2D eigenvalue weighted by atomic mass is 9.92. The molecule has 0 fully saturated rings. The van der Waals surface area contributed by atoms with Crippen LogP contribution in [-0.2, 0) is 20.7 Å². The zero-order chi connectivity index (χ0) is 22.9. The molecule has 0 aliphatic rings. The second-order valence-corrected chi connectivity index (χ2v) is 7.76. The predicted octanol–water partition coefficient (Wildman–Crippen LogP) is 1.03. The van der Waals surface area contributed by atoms with E-state index in [9.17, 15) is 24.6 Å². The maximum atomic E-state index is 11.9. The summed E-state index contributed by atoms with van der Waals surface area (Å²) >= 11 is 0. The Morgan fingerprint density at radius 3 is 2.00 bits per heavy atom. The lowest BCUT2D eigenvalue weighted by Crippen LogP contribution is -2.45. The number of aliphatic hydroxyl groups excluding tert-OH is 2. The van der Waals surface area contributed by atoms with Gasteiger partial charge in [-0.05, 0) is 51.3 Å². The number of aliphatic hydroxyl groups is 2. The van der Waals surface area contributed by atoms with E-state index in [1.54, 1.807) is 45.0 Å². The predicted molar refractivity (Wildman–Crippen MR) is 105 cm³/mol. The molecule has 1 amide bonds. The van der Waals surface area contributed by atoms with Gasteiger partial charge < -0.3 is 35.2 Å². The highest BCUT2D eigenvalue weighted by atomic mass is 16.6. The van der Waals surface area contributed by atoms with Crippen molar-refractivity contribution in [2.24, 2.45) is 5.92 Å². The van der Waals surface area contributed by atoms with Crippen LogP contribution in [0.5, 0.6) is 5.75 Å². The van der Waals surface area contributed by atoms with E-state index in [0.29, 0.717) is 11.3 Å². The molecule has 10 heteroatoms. The van der Waals surface area contributed by atoms with Crippen molar-refractivity contribution in [3.05, 3.63) is 29.8 Å². The van der Waals surface area contributed by atoms with E-state index >= 15 is 0 Å². The first-order chi connectivity index (χ1) is 13.9. The Hall–Kier alpha value is -2.85. The maximum absolute atomic E-state index is 11.9. The molecule has 0 saturated carbocycles. The molecule has 0 saturated heterocycles. The van der Waals surface area contributed by atoms with Gasteiger partial charge in [-0.2, -0.15) is 0 Å². The van der Waals surface area contributed by atoms with Crippen LogP contribution in [0, 0.1) is 5.92 Å². The van der Waals surface area contributed by atoms with Gasteiger partial charge in [-0.1, -0.05) is 12.1 Å². The summed E-state index contributed by atoms with van der Waals surface area (Å²) < 4.78 is 10.4. The SMILES string of the molecule is CC(C)(C)OC(=O)N[C@@H](C[C@H](Cc1ccc(OC(CO)CO)cc1)C(=O)O)C(=O)O. The van der Waals surface area contributed by atoms with E-state index in [1.807, 2.05) is 0 Å². The highest BCUT2D eigenvalue weighted by Gasteiger charge is 2.30. The van der Waals surface area contributed by atoms with Crippen molar-refractivity contribution in [2.45, 2.75) is 51.4 Å². The number of carbonyl (C=O) groups excluding carboxylic acids is 1. The summed E-state index contributed by atoms with van der Waals surface area (Å²) in [5.74, 6) is -3.26. The normalized spacial score (nSPS) is 13.4. The molecule has 1 rings (SSSR count). The Labute approximate surface area is 174 Å². The van der Waals surface area contributed by atoms with Crippen molar-refractivity contribution >= 4 is 18.0 Å². The minimum Gasteiger partial charge on any atom is -0.486 e. The number of carboxylic acids is 2. The number of alkyl carbamates (subject to hydrolysis) is 1. The molecule has 10 nitrogen and oxygen atoms in total. The van der Waals surface area contributed by atoms with Crippen LogP contribution in [0.2, 0.25) is 0 Å². The van der Waals surface area contributed by atoms with Crippen molar-refractivity contribution in [3.8, 4) is 5.75 Å². The van der Waals surface area contributed by atoms with Crippen LogP contribution >= 0.6 is 0 Å². The molecular weight excluding hydrogens is 398 g/mol. The Balaban J connectivity index is 2.81. The number of hydrogen-bond acceptors (Lipinski definition) is 7. The van der Waals surface area contributed by atoms with E-state index < -0.39 is 41.7 Å². The first kappa shape index (κ1) is 25.2. The number of carboxylic acid groups (broad SMARTS) is 2. The van der Waals surface area contributed by atoms with Crippen LogP contribution in [0.3, 0.4) is 0 Å². The van der Waals surface area contributed by atoms with E-state index in [4.69, 9.17) is 19.7 Å². The van der Waals surface area contributed by atoms with E-state index in [2.05, 4.69) is 5.32 Å². The average Bonchev–Trinajstić information content (AvgIpc) is 2.64. The van der Waals surface area contributed by atoms with Gasteiger partial charge in [0.15, 0.2) is 0 Å². The summed E-state index contributed by atoms with van der Waals surface area (Å²) in [4.78, 5) is 35.0. The second kappa shape index (κ2) is 11.4. The smallest absolute Gasteiger partial charge is 0.408 e. The largest absolute Gasteiger partial charge is 0.486 e. The summed E-state index contributed by atoms with van der Waals surface area (Å²) in [5.41, 5.74) is -0.213. The molecule has 0 unspecified atom stereocenters. The highest BCUT2D eigenvalue weighted by molar-refractivity contribution is 5.81. The third-order valence-electron chi connectivity index (χ3n) is 3.97. The number of aliphatic carboxylic acids is 2. The van der Waals surface area contributed by atoms with Crippen molar-refractivity contribution in [1.29, 1.82) is 0 Å². The monoisotopic (exact) mass is 427 g/mol. The van der Waals surface area contributed by atoms with Gasteiger partial charge in [0.05, 0.1) is 19.1 Å². The summed E-state index contributed by atoms with van der Waals surface area (Å²) in [6, 6.07) is 4.89. The number of nitrogens with one attached hydrogen (secondary N) is 1. The fourth-order valence-corrected chi connectivity index (χ4v) is 2.54. The molecule has 30 heavy (non-hydrogen) atoms. The molecular formula is C20H29NO9. The first-order valence-corrected chi connectivity index (χ1v) is 9.37. The van der Waals surface area contributed by atoms with Crippen LogP contribution in [-0.4, -0.2) is 69.4 Å². The average molecular weight is 427 g/mol. The zero-order valence-corrected chi connectivity index (χ0v) is 17.2. The molecule has 0 bridgehead atoms. The third kappa shape index (κ3) is 9.10. The Morgan fingerprint density at radius 1 is 1.00 bits per heavy atom. The second-order valence-electron chi connectivity index (χ2n) is 7.76. The van der Waals surface area contributed by atoms with Gasteiger partial charge in [-0.15, -0.1) is 0 Å². The van der Waals surface area contributed by atoms with E-state index in [1.165, 1.54) is 0 Å². The highest BCUT2D eigenvalue weighted by Crippen LogP contribution is 2.20. The van der Waals surface area contributed by atoms with Gasteiger partial charge >= 0.3 is 18.0 Å². The molecule has 0 spiro atoms. The minimum atomic E-state index is -1.43. The van der Waals surface area contributed by atoms with E-state index in [-0.39, 0.29) is 26.1 Å². The van der Waals surface area contributed by atoms with Gasteiger partial charge in [-0.25, -0.2) is 9.59 Å². The Bertz CT molecular complexity index is 708. The van der Waals surface area contributed by atoms with Crippen molar-refractivity contribution in [1.82, 2.24) is 5.32 Å². The molecule has 0 heterocycles.